The number of nitrogens with one attached hydrogen (secondary N) is 1. The van der Waals surface area contributed by atoms with Gasteiger partial charge in [-0.15, -0.1) is 0 Å². The van der Waals surface area contributed by atoms with E-state index in [0.29, 0.717) is 26.2 Å². The lowest BCUT2D eigenvalue weighted by atomic mass is 9.85. The largest absolute Gasteiger partial charge is 0.379 e. The molecule has 0 aromatic carbocycles. The van der Waals surface area contributed by atoms with Gasteiger partial charge in [0, 0.05) is 19.0 Å². The molecule has 0 spiro atoms. The van der Waals surface area contributed by atoms with E-state index in [1.54, 1.807) is 0 Å². The zero-order valence-electron chi connectivity index (χ0n) is 9.66. The fraction of sp³-hybridized carbons (Fsp3) is 0.818. The lowest BCUT2D eigenvalue weighted by Gasteiger charge is -2.25. The van der Waals surface area contributed by atoms with E-state index in [2.05, 4.69) is 11.4 Å². The first kappa shape index (κ1) is 12.9. The van der Waals surface area contributed by atoms with Crippen LogP contribution in [0.4, 0.5) is 0 Å². The molecule has 0 aliphatic carbocycles. The summed E-state index contributed by atoms with van der Waals surface area (Å²) in [5, 5.41) is 11.2. The van der Waals surface area contributed by atoms with Crippen LogP contribution >= 0.6 is 0 Å². The number of nitrogens with two attached hydrogens (primary N) is 1. The van der Waals surface area contributed by atoms with Crippen molar-refractivity contribution in [3.8, 4) is 6.07 Å². The second-order valence-electron chi connectivity index (χ2n) is 4.41. The summed E-state index contributed by atoms with van der Waals surface area (Å²) in [6.45, 7) is 3.26. The number of carbonyl (C=O) groups is 1. The third-order valence-electron chi connectivity index (χ3n) is 3.04. The molecule has 90 valence electrons. The molecule has 0 radical (unpaired) electrons. The van der Waals surface area contributed by atoms with E-state index in [-0.39, 0.29) is 11.9 Å². The van der Waals surface area contributed by atoms with E-state index >= 15 is 0 Å². The van der Waals surface area contributed by atoms with Gasteiger partial charge >= 0.3 is 0 Å². The standard InChI is InChI=1S/C11H19N3O2/c1-11(8-16-7-9(11)13)10(15)14-6-4-2-3-5-12/h9H,2-4,6-8,13H2,1H3,(H,14,15). The van der Waals surface area contributed by atoms with E-state index in [9.17, 15) is 4.79 Å². The average molecular weight is 225 g/mol. The second kappa shape index (κ2) is 5.83. The fourth-order valence-corrected chi connectivity index (χ4v) is 1.66. The first-order valence-electron chi connectivity index (χ1n) is 5.60. The van der Waals surface area contributed by atoms with Gasteiger partial charge in [0.05, 0.1) is 24.7 Å². The minimum Gasteiger partial charge on any atom is -0.379 e. The van der Waals surface area contributed by atoms with Crippen molar-refractivity contribution in [1.82, 2.24) is 5.32 Å². The second-order valence-corrected chi connectivity index (χ2v) is 4.41. The van der Waals surface area contributed by atoms with E-state index in [0.717, 1.165) is 12.8 Å². The number of carbonyl (C=O) groups excluding carboxylic acids is 1. The molecule has 16 heavy (non-hydrogen) atoms. The van der Waals surface area contributed by atoms with Gasteiger partial charge in [-0.25, -0.2) is 0 Å². The smallest absolute Gasteiger partial charge is 0.229 e. The highest BCUT2D eigenvalue weighted by molar-refractivity contribution is 5.83. The van der Waals surface area contributed by atoms with Crippen LogP contribution in [0.2, 0.25) is 0 Å². The topological polar surface area (TPSA) is 88.1 Å². The van der Waals surface area contributed by atoms with E-state index in [1.165, 1.54) is 0 Å². The van der Waals surface area contributed by atoms with Crippen molar-refractivity contribution in [2.45, 2.75) is 32.2 Å². The number of ether oxygens (including phenoxy) is 1. The molecule has 2 atom stereocenters. The van der Waals surface area contributed by atoms with Crippen molar-refractivity contribution >= 4 is 5.91 Å². The Morgan fingerprint density at radius 1 is 1.69 bits per heavy atom. The molecule has 0 aromatic rings. The monoisotopic (exact) mass is 225 g/mol. The maximum Gasteiger partial charge on any atom is 0.229 e. The van der Waals surface area contributed by atoms with Crippen LogP contribution in [0.3, 0.4) is 0 Å². The van der Waals surface area contributed by atoms with Gasteiger partial charge < -0.3 is 15.8 Å². The summed E-state index contributed by atoms with van der Waals surface area (Å²) in [6, 6.07) is 1.84. The number of rotatable bonds is 5. The summed E-state index contributed by atoms with van der Waals surface area (Å²) in [5.41, 5.74) is 5.24. The molecule has 1 aliphatic heterocycles. The molecule has 0 saturated carbocycles. The number of amides is 1. The summed E-state index contributed by atoms with van der Waals surface area (Å²) in [7, 11) is 0. The molecule has 2 unspecified atom stereocenters. The van der Waals surface area contributed by atoms with Gasteiger partial charge in [-0.1, -0.05) is 0 Å². The maximum atomic E-state index is 11.9. The van der Waals surface area contributed by atoms with Gasteiger partial charge in [-0.3, -0.25) is 4.79 Å². The Morgan fingerprint density at radius 2 is 2.44 bits per heavy atom. The van der Waals surface area contributed by atoms with Crippen LogP contribution in [-0.4, -0.2) is 31.7 Å². The summed E-state index contributed by atoms with van der Waals surface area (Å²) >= 11 is 0. The summed E-state index contributed by atoms with van der Waals surface area (Å²) in [5.74, 6) is -0.0468. The van der Waals surface area contributed by atoms with Gasteiger partial charge in [0.25, 0.3) is 0 Å². The Balaban J connectivity index is 2.27. The number of nitrogens with zero attached hydrogens (tertiary/aromatic N) is 1. The normalized spacial score (nSPS) is 28.7. The highest BCUT2D eigenvalue weighted by atomic mass is 16.5. The third kappa shape index (κ3) is 2.94. The number of nitriles is 1. The average Bonchev–Trinajstić information content (AvgIpc) is 2.60. The van der Waals surface area contributed by atoms with Gasteiger partial charge in [0.1, 0.15) is 0 Å². The molecule has 3 N–H and O–H groups in total. The Hall–Kier alpha value is -1.12. The van der Waals surface area contributed by atoms with E-state index in [4.69, 9.17) is 15.7 Å². The predicted octanol–water partition coefficient (Wildman–Crippen LogP) is 0.160. The van der Waals surface area contributed by atoms with Crippen LogP contribution < -0.4 is 11.1 Å². The molecule has 5 nitrogen and oxygen atoms in total. The number of hydrogen-bond donors (Lipinski definition) is 2. The zero-order chi connectivity index (χ0) is 12.0. The fourth-order valence-electron chi connectivity index (χ4n) is 1.66. The molecular formula is C11H19N3O2. The molecule has 1 amide bonds. The molecule has 1 aliphatic rings. The Morgan fingerprint density at radius 3 is 3.00 bits per heavy atom. The first-order valence-corrected chi connectivity index (χ1v) is 5.60. The minimum absolute atomic E-state index is 0.0468. The van der Waals surface area contributed by atoms with Crippen molar-refractivity contribution in [2.24, 2.45) is 11.1 Å². The van der Waals surface area contributed by atoms with Crippen molar-refractivity contribution < 1.29 is 9.53 Å². The number of hydrogen-bond acceptors (Lipinski definition) is 4. The molecular weight excluding hydrogens is 206 g/mol. The van der Waals surface area contributed by atoms with Crippen LogP contribution in [-0.2, 0) is 9.53 Å². The lowest BCUT2D eigenvalue weighted by Crippen LogP contribution is -2.50. The van der Waals surface area contributed by atoms with Crippen LogP contribution in [0.15, 0.2) is 0 Å². The summed E-state index contributed by atoms with van der Waals surface area (Å²) in [6.07, 6.45) is 2.18. The Bertz CT molecular complexity index is 287. The maximum absolute atomic E-state index is 11.9. The van der Waals surface area contributed by atoms with Crippen molar-refractivity contribution in [2.75, 3.05) is 19.8 Å². The predicted molar refractivity (Wildman–Crippen MR) is 59.4 cm³/mol. The lowest BCUT2D eigenvalue weighted by molar-refractivity contribution is -0.130. The molecule has 0 bridgehead atoms. The molecule has 0 aromatic heterocycles. The zero-order valence-corrected chi connectivity index (χ0v) is 9.66. The summed E-state index contributed by atoms with van der Waals surface area (Å²) < 4.78 is 5.21. The Labute approximate surface area is 95.9 Å². The molecule has 5 heteroatoms. The van der Waals surface area contributed by atoms with Gasteiger partial charge in [-0.2, -0.15) is 5.26 Å². The highest BCUT2D eigenvalue weighted by Crippen LogP contribution is 2.26. The molecule has 1 fully saturated rings. The third-order valence-corrected chi connectivity index (χ3v) is 3.04. The summed E-state index contributed by atoms with van der Waals surface area (Å²) in [4.78, 5) is 11.9. The van der Waals surface area contributed by atoms with E-state index < -0.39 is 5.41 Å². The van der Waals surface area contributed by atoms with E-state index in [1.807, 2.05) is 6.92 Å². The molecule has 1 heterocycles. The van der Waals surface area contributed by atoms with Gasteiger partial charge in [0.15, 0.2) is 0 Å². The SMILES string of the molecule is CC1(C(=O)NCCCCC#N)COCC1N. The molecule has 1 saturated heterocycles. The van der Waals surface area contributed by atoms with Gasteiger partial charge in [-0.05, 0) is 19.8 Å². The first-order chi connectivity index (χ1) is 7.61. The van der Waals surface area contributed by atoms with Crippen molar-refractivity contribution in [1.29, 1.82) is 5.26 Å². The van der Waals surface area contributed by atoms with Crippen molar-refractivity contribution in [3.63, 3.8) is 0 Å². The van der Waals surface area contributed by atoms with Crippen LogP contribution in [0.25, 0.3) is 0 Å². The quantitative estimate of drug-likeness (QED) is 0.652. The van der Waals surface area contributed by atoms with Crippen LogP contribution in [0.5, 0.6) is 0 Å². The van der Waals surface area contributed by atoms with Crippen molar-refractivity contribution in [3.05, 3.63) is 0 Å². The van der Waals surface area contributed by atoms with Crippen LogP contribution in [0, 0.1) is 16.7 Å². The van der Waals surface area contributed by atoms with Crippen LogP contribution in [0.1, 0.15) is 26.2 Å². The van der Waals surface area contributed by atoms with Gasteiger partial charge in [0.2, 0.25) is 5.91 Å². The minimum atomic E-state index is -0.602. The molecule has 1 rings (SSSR count). The number of unbranched alkanes of at least 4 members (excludes halogenated alkanes) is 2. The highest BCUT2D eigenvalue weighted by Gasteiger charge is 2.43. The Kier molecular flexibility index (Phi) is 4.71.